The van der Waals surface area contributed by atoms with Crippen molar-refractivity contribution in [3.8, 4) is 0 Å². The van der Waals surface area contributed by atoms with E-state index in [1.54, 1.807) is 0 Å². The fourth-order valence-electron chi connectivity index (χ4n) is 1.94. The van der Waals surface area contributed by atoms with E-state index < -0.39 is 6.10 Å². The van der Waals surface area contributed by atoms with Crippen LogP contribution in [0.25, 0.3) is 0 Å². The first-order valence-corrected chi connectivity index (χ1v) is 6.68. The Balaban J connectivity index is 2.21. The molecule has 0 amide bonds. The van der Waals surface area contributed by atoms with Crippen molar-refractivity contribution in [3.63, 3.8) is 0 Å². The molecular weight excluding hydrogens is 252 g/mol. The van der Waals surface area contributed by atoms with Gasteiger partial charge in [0.2, 0.25) is 0 Å². The zero-order valence-electron chi connectivity index (χ0n) is 12.1. The molecule has 1 N–H and O–H groups in total. The van der Waals surface area contributed by atoms with Crippen molar-refractivity contribution in [3.05, 3.63) is 64.3 Å². The highest BCUT2D eigenvalue weighted by atomic mass is 16.3. The van der Waals surface area contributed by atoms with Gasteiger partial charge in [0.1, 0.15) is 0 Å². The molecule has 0 fully saturated rings. The number of nitrogens with zero attached hydrogens (tertiary/aromatic N) is 2. The summed E-state index contributed by atoms with van der Waals surface area (Å²) in [6.45, 7) is 6.24. The van der Waals surface area contributed by atoms with Crippen LogP contribution >= 0.6 is 0 Å². The van der Waals surface area contributed by atoms with Crippen LogP contribution in [0.1, 0.15) is 38.1 Å². The molecule has 2 rings (SSSR count). The highest BCUT2D eigenvalue weighted by Crippen LogP contribution is 2.18. The second kappa shape index (κ2) is 5.59. The van der Waals surface area contributed by atoms with Gasteiger partial charge in [0.25, 0.3) is 5.56 Å². The summed E-state index contributed by atoms with van der Waals surface area (Å²) in [5.41, 5.74) is 1.25. The maximum atomic E-state index is 12.1. The maximum absolute atomic E-state index is 12.1. The summed E-state index contributed by atoms with van der Waals surface area (Å²) < 4.78 is 1.44. The Labute approximate surface area is 118 Å². The minimum atomic E-state index is -0.712. The van der Waals surface area contributed by atoms with E-state index in [9.17, 15) is 9.90 Å². The fraction of sp³-hybridized carbons (Fsp3) is 0.375. The van der Waals surface area contributed by atoms with Gasteiger partial charge in [-0.1, -0.05) is 51.1 Å². The smallest absolute Gasteiger partial charge is 0.253 e. The van der Waals surface area contributed by atoms with Crippen molar-refractivity contribution in [1.29, 1.82) is 0 Å². The molecule has 4 heteroatoms. The first-order valence-electron chi connectivity index (χ1n) is 6.68. The maximum Gasteiger partial charge on any atom is 0.253 e. The summed E-state index contributed by atoms with van der Waals surface area (Å²) in [6.07, 6.45) is 0.797. The lowest BCUT2D eigenvalue weighted by Crippen LogP contribution is -2.26. The number of hydrogen-bond acceptors (Lipinski definition) is 3. The molecule has 20 heavy (non-hydrogen) atoms. The van der Waals surface area contributed by atoms with Crippen molar-refractivity contribution in [2.75, 3.05) is 0 Å². The van der Waals surface area contributed by atoms with Gasteiger partial charge in [0.15, 0.2) is 0 Å². The summed E-state index contributed by atoms with van der Waals surface area (Å²) in [5, 5.41) is 10.1. The summed E-state index contributed by atoms with van der Waals surface area (Å²) in [7, 11) is 0. The van der Waals surface area contributed by atoms with Gasteiger partial charge in [0, 0.05) is 11.5 Å². The van der Waals surface area contributed by atoms with E-state index in [2.05, 4.69) is 4.98 Å². The zero-order valence-corrected chi connectivity index (χ0v) is 12.1. The highest BCUT2D eigenvalue weighted by molar-refractivity contribution is 5.17. The fourth-order valence-corrected chi connectivity index (χ4v) is 1.94. The molecule has 1 aromatic heterocycles. The largest absolute Gasteiger partial charge is 0.387 e. The number of aliphatic hydroxyl groups excluding tert-OH is 1. The molecule has 1 atom stereocenters. The monoisotopic (exact) mass is 272 g/mol. The topological polar surface area (TPSA) is 55.1 Å². The normalized spacial score (nSPS) is 13.2. The van der Waals surface area contributed by atoms with Crippen LogP contribution in [0.4, 0.5) is 0 Å². The molecule has 0 aliphatic rings. The molecular formula is C16H20N2O2. The predicted octanol–water partition coefficient (Wildman–Crippen LogP) is 2.27. The molecule has 1 aromatic carbocycles. The second-order valence-electron chi connectivity index (χ2n) is 5.94. The van der Waals surface area contributed by atoms with Crippen molar-refractivity contribution >= 4 is 0 Å². The van der Waals surface area contributed by atoms with E-state index in [0.29, 0.717) is 0 Å². The summed E-state index contributed by atoms with van der Waals surface area (Å²) in [4.78, 5) is 16.4. The number of benzene rings is 1. The zero-order chi connectivity index (χ0) is 14.8. The van der Waals surface area contributed by atoms with E-state index in [0.717, 1.165) is 11.3 Å². The summed E-state index contributed by atoms with van der Waals surface area (Å²) in [6, 6.07) is 10.8. The molecule has 1 unspecified atom stereocenters. The van der Waals surface area contributed by atoms with Crippen LogP contribution in [0, 0.1) is 0 Å². The van der Waals surface area contributed by atoms with E-state index >= 15 is 0 Å². The van der Waals surface area contributed by atoms with Crippen LogP contribution in [0.2, 0.25) is 0 Å². The number of rotatable bonds is 3. The number of aliphatic hydroxyl groups is 1. The molecule has 0 saturated carbocycles. The third-order valence-electron chi connectivity index (χ3n) is 3.20. The van der Waals surface area contributed by atoms with Gasteiger partial charge >= 0.3 is 0 Å². The Morgan fingerprint density at radius 3 is 2.45 bits per heavy atom. The Hall–Kier alpha value is -1.94. The quantitative estimate of drug-likeness (QED) is 0.932. The average molecular weight is 272 g/mol. The number of aromatic nitrogens is 2. The van der Waals surface area contributed by atoms with Crippen molar-refractivity contribution in [1.82, 2.24) is 9.55 Å². The van der Waals surface area contributed by atoms with E-state index in [4.69, 9.17) is 0 Å². The van der Waals surface area contributed by atoms with Crippen LogP contribution in [-0.2, 0) is 12.0 Å². The number of hydrogen-bond donors (Lipinski definition) is 1. The van der Waals surface area contributed by atoms with Crippen LogP contribution in [-0.4, -0.2) is 14.7 Å². The predicted molar refractivity (Wildman–Crippen MR) is 78.6 cm³/mol. The summed E-state index contributed by atoms with van der Waals surface area (Å²) >= 11 is 0. The molecule has 106 valence electrons. The lowest BCUT2D eigenvalue weighted by molar-refractivity contribution is 0.154. The molecule has 0 aliphatic heterocycles. The molecule has 0 radical (unpaired) electrons. The van der Waals surface area contributed by atoms with E-state index in [-0.39, 0.29) is 17.5 Å². The van der Waals surface area contributed by atoms with Crippen molar-refractivity contribution in [2.45, 2.75) is 38.8 Å². The second-order valence-corrected chi connectivity index (χ2v) is 5.94. The Kier molecular flexibility index (Phi) is 4.04. The van der Waals surface area contributed by atoms with Crippen LogP contribution in [0.15, 0.2) is 47.5 Å². The summed E-state index contributed by atoms with van der Waals surface area (Å²) in [5.74, 6) is 0. The molecule has 1 heterocycles. The third kappa shape index (κ3) is 3.33. The Bertz CT molecular complexity index is 627. The Morgan fingerprint density at radius 1 is 1.25 bits per heavy atom. The molecule has 0 saturated heterocycles. The van der Waals surface area contributed by atoms with Gasteiger partial charge in [-0.3, -0.25) is 9.36 Å². The molecule has 0 bridgehead atoms. The first-order chi connectivity index (χ1) is 9.38. The third-order valence-corrected chi connectivity index (χ3v) is 3.20. The average Bonchev–Trinajstić information content (AvgIpc) is 2.41. The van der Waals surface area contributed by atoms with Gasteiger partial charge in [0.05, 0.1) is 24.7 Å². The van der Waals surface area contributed by atoms with Crippen LogP contribution in [0.3, 0.4) is 0 Å². The van der Waals surface area contributed by atoms with Gasteiger partial charge in [-0.2, -0.15) is 0 Å². The lowest BCUT2D eigenvalue weighted by atomic mass is 9.92. The van der Waals surface area contributed by atoms with Gasteiger partial charge in [-0.15, -0.1) is 0 Å². The molecule has 4 nitrogen and oxygen atoms in total. The van der Waals surface area contributed by atoms with E-state index in [1.165, 1.54) is 17.0 Å². The van der Waals surface area contributed by atoms with Crippen LogP contribution < -0.4 is 5.56 Å². The van der Waals surface area contributed by atoms with E-state index in [1.807, 2.05) is 51.1 Å². The molecule has 0 aliphatic carbocycles. The SMILES string of the molecule is CC(C)(C)c1cc(=O)n(CC(O)c2ccccc2)cn1. The first kappa shape index (κ1) is 14.5. The lowest BCUT2D eigenvalue weighted by Gasteiger charge is -2.18. The van der Waals surface area contributed by atoms with Gasteiger partial charge < -0.3 is 5.11 Å². The standard InChI is InChI=1S/C16H20N2O2/c1-16(2,3)14-9-15(20)18(11-17-14)10-13(19)12-7-5-4-6-8-12/h4-9,11,13,19H,10H2,1-3H3. The Morgan fingerprint density at radius 2 is 1.90 bits per heavy atom. The van der Waals surface area contributed by atoms with Gasteiger partial charge in [-0.25, -0.2) is 4.98 Å². The minimum Gasteiger partial charge on any atom is -0.387 e. The minimum absolute atomic E-state index is 0.139. The highest BCUT2D eigenvalue weighted by Gasteiger charge is 2.17. The molecule has 0 spiro atoms. The van der Waals surface area contributed by atoms with Crippen LogP contribution in [0.5, 0.6) is 0 Å². The van der Waals surface area contributed by atoms with Crippen molar-refractivity contribution in [2.24, 2.45) is 0 Å². The van der Waals surface area contributed by atoms with Crippen molar-refractivity contribution < 1.29 is 5.11 Å². The molecule has 2 aromatic rings. The van der Waals surface area contributed by atoms with Gasteiger partial charge in [-0.05, 0) is 5.56 Å².